The molecule has 4 amide bonds. The SMILES string of the molecule is CN1C=C(C(=O)Nc2cccc(F)c2)C2NC(=O)N(c3ccccc3)C(=O)C21. The van der Waals surface area contributed by atoms with E-state index in [0.29, 0.717) is 5.69 Å². The van der Waals surface area contributed by atoms with Crippen molar-refractivity contribution in [1.82, 2.24) is 10.2 Å². The molecule has 2 aliphatic rings. The number of nitrogens with zero attached hydrogens (tertiary/aromatic N) is 2. The van der Waals surface area contributed by atoms with E-state index >= 15 is 0 Å². The number of amides is 4. The number of carbonyl (C=O) groups is 3. The molecule has 1 saturated heterocycles. The van der Waals surface area contributed by atoms with Gasteiger partial charge >= 0.3 is 6.03 Å². The smallest absolute Gasteiger partial charge is 0.329 e. The minimum Gasteiger partial charge on any atom is -0.366 e. The van der Waals surface area contributed by atoms with Gasteiger partial charge in [0.25, 0.3) is 11.8 Å². The molecule has 2 aromatic carbocycles. The molecule has 2 aliphatic heterocycles. The van der Waals surface area contributed by atoms with Crippen LogP contribution < -0.4 is 15.5 Å². The summed E-state index contributed by atoms with van der Waals surface area (Å²) in [5.74, 6) is -1.41. The zero-order valence-electron chi connectivity index (χ0n) is 14.9. The second-order valence-corrected chi connectivity index (χ2v) is 6.60. The molecule has 0 bridgehead atoms. The molecule has 2 unspecified atom stereocenters. The third-order valence-electron chi connectivity index (χ3n) is 4.75. The van der Waals surface area contributed by atoms with Crippen molar-refractivity contribution in [3.63, 3.8) is 0 Å². The van der Waals surface area contributed by atoms with E-state index in [-0.39, 0.29) is 11.3 Å². The van der Waals surface area contributed by atoms with Crippen LogP contribution >= 0.6 is 0 Å². The van der Waals surface area contributed by atoms with E-state index in [4.69, 9.17) is 0 Å². The van der Waals surface area contributed by atoms with Crippen LogP contribution in [0.25, 0.3) is 0 Å². The molecule has 2 atom stereocenters. The summed E-state index contributed by atoms with van der Waals surface area (Å²) in [6.07, 6.45) is 1.52. The molecule has 1 fully saturated rings. The maximum absolute atomic E-state index is 13.4. The largest absolute Gasteiger partial charge is 0.366 e. The fraction of sp³-hybridized carbons (Fsp3) is 0.150. The Morgan fingerprint density at radius 2 is 1.86 bits per heavy atom. The molecule has 0 radical (unpaired) electrons. The summed E-state index contributed by atoms with van der Waals surface area (Å²) in [5, 5.41) is 5.34. The van der Waals surface area contributed by atoms with Gasteiger partial charge in [-0.2, -0.15) is 0 Å². The van der Waals surface area contributed by atoms with Gasteiger partial charge < -0.3 is 15.5 Å². The number of anilines is 2. The monoisotopic (exact) mass is 380 g/mol. The number of hydrogen-bond acceptors (Lipinski definition) is 4. The van der Waals surface area contributed by atoms with Gasteiger partial charge in [-0.1, -0.05) is 24.3 Å². The first-order chi connectivity index (χ1) is 13.5. The Bertz CT molecular complexity index is 992. The number of urea groups is 1. The third kappa shape index (κ3) is 2.98. The average Bonchev–Trinajstić information content (AvgIpc) is 2.99. The second kappa shape index (κ2) is 6.80. The zero-order valence-corrected chi connectivity index (χ0v) is 14.9. The predicted octanol–water partition coefficient (Wildman–Crippen LogP) is 2.09. The molecule has 2 N–H and O–H groups in total. The Morgan fingerprint density at radius 3 is 2.57 bits per heavy atom. The third-order valence-corrected chi connectivity index (χ3v) is 4.75. The molecule has 0 aromatic heterocycles. The van der Waals surface area contributed by atoms with Crippen LogP contribution in [0.4, 0.5) is 20.6 Å². The standard InChI is InChI=1S/C20H17FN4O3/c1-24-11-15(18(26)22-13-7-5-6-12(21)10-13)16-17(24)19(27)25(20(28)23-16)14-8-3-2-4-9-14/h2-11,16-17H,1H3,(H,22,26)(H,23,28). The first-order valence-electron chi connectivity index (χ1n) is 8.66. The van der Waals surface area contributed by atoms with Crippen molar-refractivity contribution in [2.24, 2.45) is 0 Å². The highest BCUT2D eigenvalue weighted by Gasteiger charge is 2.49. The van der Waals surface area contributed by atoms with E-state index < -0.39 is 35.7 Å². The predicted molar refractivity (Wildman–Crippen MR) is 101 cm³/mol. The number of nitrogens with one attached hydrogen (secondary N) is 2. The lowest BCUT2D eigenvalue weighted by molar-refractivity contribution is -0.122. The van der Waals surface area contributed by atoms with Crippen LogP contribution in [-0.4, -0.2) is 41.9 Å². The van der Waals surface area contributed by atoms with Crippen molar-refractivity contribution in [3.8, 4) is 0 Å². The summed E-state index contributed by atoms with van der Waals surface area (Å²) >= 11 is 0. The van der Waals surface area contributed by atoms with Crippen LogP contribution in [0, 0.1) is 5.82 Å². The molecule has 8 heteroatoms. The number of para-hydroxylation sites is 1. The van der Waals surface area contributed by atoms with Gasteiger partial charge in [-0.3, -0.25) is 9.59 Å². The van der Waals surface area contributed by atoms with Crippen molar-refractivity contribution >= 4 is 29.2 Å². The molecule has 2 aromatic rings. The highest BCUT2D eigenvalue weighted by molar-refractivity contribution is 6.20. The van der Waals surface area contributed by atoms with Crippen LogP contribution in [0.1, 0.15) is 0 Å². The first-order valence-corrected chi connectivity index (χ1v) is 8.66. The number of benzene rings is 2. The van der Waals surface area contributed by atoms with Crippen LogP contribution in [0.5, 0.6) is 0 Å². The maximum atomic E-state index is 13.4. The average molecular weight is 380 g/mol. The minimum atomic E-state index is -0.793. The van der Waals surface area contributed by atoms with Crippen LogP contribution in [-0.2, 0) is 9.59 Å². The molecule has 4 rings (SSSR count). The summed E-state index contributed by atoms with van der Waals surface area (Å²) in [5.41, 5.74) is 0.970. The minimum absolute atomic E-state index is 0.228. The second-order valence-electron chi connectivity index (χ2n) is 6.60. The zero-order chi connectivity index (χ0) is 19.8. The summed E-state index contributed by atoms with van der Waals surface area (Å²) in [7, 11) is 1.67. The number of hydrogen-bond donors (Lipinski definition) is 2. The highest BCUT2D eigenvalue weighted by atomic mass is 19.1. The van der Waals surface area contributed by atoms with E-state index in [1.165, 1.54) is 24.4 Å². The van der Waals surface area contributed by atoms with Crippen LogP contribution in [0.3, 0.4) is 0 Å². The van der Waals surface area contributed by atoms with E-state index in [0.717, 1.165) is 4.90 Å². The Kier molecular flexibility index (Phi) is 4.31. The highest BCUT2D eigenvalue weighted by Crippen LogP contribution is 2.29. The van der Waals surface area contributed by atoms with E-state index in [2.05, 4.69) is 10.6 Å². The number of fused-ring (bicyclic) bond motifs is 1. The molecule has 0 saturated carbocycles. The van der Waals surface area contributed by atoms with Gasteiger partial charge in [0.05, 0.1) is 17.3 Å². The quantitative estimate of drug-likeness (QED) is 0.854. The molecule has 0 spiro atoms. The number of carbonyl (C=O) groups excluding carboxylic acids is 3. The molecular formula is C20H17FN4O3. The number of imide groups is 1. The van der Waals surface area contributed by atoms with Gasteiger partial charge in [0.2, 0.25) is 0 Å². The molecule has 0 aliphatic carbocycles. The maximum Gasteiger partial charge on any atom is 0.329 e. The molecular weight excluding hydrogens is 363 g/mol. The number of likely N-dealkylation sites (N-methyl/N-ethyl adjacent to an activating group) is 1. The summed E-state index contributed by atoms with van der Waals surface area (Å²) in [6.45, 7) is 0. The van der Waals surface area contributed by atoms with E-state index in [1.54, 1.807) is 48.3 Å². The molecule has 7 nitrogen and oxygen atoms in total. The van der Waals surface area contributed by atoms with Crippen molar-refractivity contribution in [2.75, 3.05) is 17.3 Å². The Balaban J connectivity index is 1.58. The number of halogens is 1. The Morgan fingerprint density at radius 1 is 1.11 bits per heavy atom. The lowest BCUT2D eigenvalue weighted by Crippen LogP contribution is -2.65. The van der Waals surface area contributed by atoms with Gasteiger partial charge in [-0.15, -0.1) is 0 Å². The van der Waals surface area contributed by atoms with Gasteiger partial charge in [0.15, 0.2) is 0 Å². The molecule has 2 heterocycles. The fourth-order valence-corrected chi connectivity index (χ4v) is 3.48. The fourth-order valence-electron chi connectivity index (χ4n) is 3.48. The number of rotatable bonds is 3. The Hall–Kier alpha value is -3.68. The first kappa shape index (κ1) is 17.7. The topological polar surface area (TPSA) is 81.8 Å². The van der Waals surface area contributed by atoms with Crippen LogP contribution in [0.2, 0.25) is 0 Å². The van der Waals surface area contributed by atoms with Gasteiger partial charge in [-0.25, -0.2) is 14.1 Å². The summed E-state index contributed by atoms with van der Waals surface area (Å²) in [6, 6.07) is 11.9. The van der Waals surface area contributed by atoms with Crippen molar-refractivity contribution in [3.05, 3.63) is 72.2 Å². The lowest BCUT2D eigenvalue weighted by Gasteiger charge is -2.37. The van der Waals surface area contributed by atoms with Gasteiger partial charge in [0.1, 0.15) is 11.9 Å². The van der Waals surface area contributed by atoms with Gasteiger partial charge in [0, 0.05) is 18.9 Å². The van der Waals surface area contributed by atoms with E-state index in [1.807, 2.05) is 0 Å². The summed E-state index contributed by atoms with van der Waals surface area (Å²) in [4.78, 5) is 41.0. The van der Waals surface area contributed by atoms with Crippen LogP contribution in [0.15, 0.2) is 66.4 Å². The summed E-state index contributed by atoms with van der Waals surface area (Å²) < 4.78 is 13.4. The Labute approximate surface area is 160 Å². The lowest BCUT2D eigenvalue weighted by atomic mass is 9.99. The molecule has 28 heavy (non-hydrogen) atoms. The van der Waals surface area contributed by atoms with Crippen molar-refractivity contribution < 1.29 is 18.8 Å². The van der Waals surface area contributed by atoms with E-state index in [9.17, 15) is 18.8 Å². The molecule has 142 valence electrons. The normalized spacial score (nSPS) is 21.1. The van der Waals surface area contributed by atoms with Gasteiger partial charge in [-0.05, 0) is 30.3 Å². The van der Waals surface area contributed by atoms with Crippen molar-refractivity contribution in [2.45, 2.75) is 12.1 Å². The van der Waals surface area contributed by atoms with Crippen molar-refractivity contribution in [1.29, 1.82) is 0 Å².